The SMILES string of the molecule is C=CCCCN(C)C(=NCC(=O)N1CCN(c2ccccc2)CC1)NCC.I. The molecule has 0 aliphatic carbocycles. The lowest BCUT2D eigenvalue weighted by molar-refractivity contribution is -0.129. The van der Waals surface area contributed by atoms with Gasteiger partial charge in [-0.05, 0) is 31.9 Å². The third kappa shape index (κ3) is 7.69. The minimum absolute atomic E-state index is 0. The van der Waals surface area contributed by atoms with E-state index in [1.165, 1.54) is 5.69 Å². The van der Waals surface area contributed by atoms with E-state index in [1.807, 2.05) is 31.0 Å². The molecule has 1 N–H and O–H groups in total. The first-order valence-corrected chi connectivity index (χ1v) is 9.83. The molecule has 0 radical (unpaired) electrons. The van der Waals surface area contributed by atoms with Gasteiger partial charge in [0.25, 0.3) is 0 Å². The zero-order chi connectivity index (χ0) is 19.5. The molecule has 1 aliphatic rings. The number of amides is 1. The molecule has 0 atom stereocenters. The molecule has 1 heterocycles. The van der Waals surface area contributed by atoms with Gasteiger partial charge >= 0.3 is 0 Å². The number of hydrogen-bond acceptors (Lipinski definition) is 3. The van der Waals surface area contributed by atoms with Gasteiger partial charge in [-0.1, -0.05) is 24.3 Å². The molecule has 7 heteroatoms. The van der Waals surface area contributed by atoms with Crippen LogP contribution in [0.25, 0.3) is 0 Å². The van der Waals surface area contributed by atoms with Gasteiger partial charge in [-0.25, -0.2) is 4.99 Å². The Kier molecular flexibility index (Phi) is 11.6. The predicted octanol–water partition coefficient (Wildman–Crippen LogP) is 2.82. The molecule has 0 aromatic heterocycles. The molecule has 0 unspecified atom stereocenters. The van der Waals surface area contributed by atoms with Gasteiger partial charge in [0.15, 0.2) is 5.96 Å². The molecule has 156 valence electrons. The third-order valence-corrected chi connectivity index (χ3v) is 4.72. The normalized spacial score (nSPS) is 14.3. The topological polar surface area (TPSA) is 51.2 Å². The molecule has 0 spiro atoms. The van der Waals surface area contributed by atoms with Crippen LogP contribution in [0.3, 0.4) is 0 Å². The van der Waals surface area contributed by atoms with E-state index in [0.717, 1.165) is 58.1 Å². The molecule has 0 bridgehead atoms. The highest BCUT2D eigenvalue weighted by Crippen LogP contribution is 2.15. The number of anilines is 1. The number of unbranched alkanes of at least 4 members (excludes halogenated alkanes) is 1. The van der Waals surface area contributed by atoms with Crippen molar-refractivity contribution in [1.29, 1.82) is 0 Å². The summed E-state index contributed by atoms with van der Waals surface area (Å²) < 4.78 is 0. The van der Waals surface area contributed by atoms with Gasteiger partial charge in [-0.15, -0.1) is 30.6 Å². The van der Waals surface area contributed by atoms with Crippen LogP contribution in [0.5, 0.6) is 0 Å². The van der Waals surface area contributed by atoms with Crippen molar-refractivity contribution < 1.29 is 4.79 Å². The van der Waals surface area contributed by atoms with E-state index in [1.54, 1.807) is 0 Å². The summed E-state index contributed by atoms with van der Waals surface area (Å²) in [5.74, 6) is 0.885. The van der Waals surface area contributed by atoms with Gasteiger partial charge in [0.1, 0.15) is 6.54 Å². The van der Waals surface area contributed by atoms with E-state index >= 15 is 0 Å². The van der Waals surface area contributed by atoms with E-state index in [4.69, 9.17) is 0 Å². The number of carbonyl (C=O) groups excluding carboxylic acids is 1. The molecule has 1 aliphatic heterocycles. The highest BCUT2D eigenvalue weighted by molar-refractivity contribution is 14.0. The number of aliphatic imine (C=N–C) groups is 1. The second-order valence-corrected chi connectivity index (χ2v) is 6.73. The summed E-state index contributed by atoms with van der Waals surface area (Å²) in [5, 5.41) is 3.27. The standard InChI is InChI=1S/C21H33N5O.HI/c1-4-6-10-13-24(3)21(22-5-2)23-18-20(27)26-16-14-25(15-17-26)19-11-8-7-9-12-19;/h4,7-9,11-12H,1,5-6,10,13-18H2,2-3H3,(H,22,23);1H. The van der Waals surface area contributed by atoms with Crippen molar-refractivity contribution in [2.24, 2.45) is 4.99 Å². The van der Waals surface area contributed by atoms with E-state index in [2.05, 4.69) is 51.0 Å². The highest BCUT2D eigenvalue weighted by Gasteiger charge is 2.21. The molecule has 1 aromatic rings. The van der Waals surface area contributed by atoms with Crippen molar-refractivity contribution in [3.63, 3.8) is 0 Å². The first kappa shape index (κ1) is 24.3. The summed E-state index contributed by atoms with van der Waals surface area (Å²) in [4.78, 5) is 23.4. The molecule has 28 heavy (non-hydrogen) atoms. The van der Waals surface area contributed by atoms with Gasteiger partial charge in [0.2, 0.25) is 5.91 Å². The number of nitrogens with zero attached hydrogens (tertiary/aromatic N) is 4. The van der Waals surface area contributed by atoms with Crippen molar-refractivity contribution in [2.75, 3.05) is 57.8 Å². The zero-order valence-corrected chi connectivity index (χ0v) is 19.5. The Morgan fingerprint density at radius 3 is 2.54 bits per heavy atom. The molecule has 1 amide bonds. The van der Waals surface area contributed by atoms with Crippen LogP contribution in [0.4, 0.5) is 5.69 Å². The van der Waals surface area contributed by atoms with E-state index in [9.17, 15) is 4.79 Å². The summed E-state index contributed by atoms with van der Waals surface area (Å²) in [7, 11) is 2.01. The number of carbonyl (C=O) groups is 1. The number of halogens is 1. The second-order valence-electron chi connectivity index (χ2n) is 6.73. The average molecular weight is 499 g/mol. The van der Waals surface area contributed by atoms with Crippen LogP contribution in [0.2, 0.25) is 0 Å². The smallest absolute Gasteiger partial charge is 0.244 e. The van der Waals surface area contributed by atoms with Crippen LogP contribution >= 0.6 is 24.0 Å². The molecule has 1 saturated heterocycles. The quantitative estimate of drug-likeness (QED) is 0.197. The van der Waals surface area contributed by atoms with Gasteiger partial charge in [-0.3, -0.25) is 4.79 Å². The molecule has 1 aromatic carbocycles. The highest BCUT2D eigenvalue weighted by atomic mass is 127. The largest absolute Gasteiger partial charge is 0.368 e. The van der Waals surface area contributed by atoms with Crippen LogP contribution < -0.4 is 10.2 Å². The number of nitrogens with one attached hydrogen (secondary N) is 1. The van der Waals surface area contributed by atoms with Crippen molar-refractivity contribution >= 4 is 41.5 Å². The van der Waals surface area contributed by atoms with E-state index < -0.39 is 0 Å². The Bertz CT molecular complexity index is 614. The van der Waals surface area contributed by atoms with Crippen LogP contribution in [0.15, 0.2) is 48.0 Å². The first-order valence-electron chi connectivity index (χ1n) is 9.83. The van der Waals surface area contributed by atoms with E-state index in [0.29, 0.717) is 0 Å². The van der Waals surface area contributed by atoms with E-state index in [-0.39, 0.29) is 36.4 Å². The fourth-order valence-electron chi connectivity index (χ4n) is 3.14. The number of benzene rings is 1. The van der Waals surface area contributed by atoms with Crippen LogP contribution in [0.1, 0.15) is 19.8 Å². The van der Waals surface area contributed by atoms with Crippen molar-refractivity contribution in [2.45, 2.75) is 19.8 Å². The summed E-state index contributed by atoms with van der Waals surface area (Å²) in [6.45, 7) is 10.9. The molecular formula is C21H34IN5O. The first-order chi connectivity index (χ1) is 13.2. The fourth-order valence-corrected chi connectivity index (χ4v) is 3.14. The number of allylic oxidation sites excluding steroid dienone is 1. The molecule has 6 nitrogen and oxygen atoms in total. The van der Waals surface area contributed by atoms with Crippen LogP contribution in [-0.2, 0) is 4.79 Å². The number of para-hydroxylation sites is 1. The van der Waals surface area contributed by atoms with Gasteiger partial charge < -0.3 is 20.0 Å². The van der Waals surface area contributed by atoms with Crippen molar-refractivity contribution in [3.8, 4) is 0 Å². The molecule has 1 fully saturated rings. The summed E-state index contributed by atoms with van der Waals surface area (Å²) >= 11 is 0. The lowest BCUT2D eigenvalue weighted by Crippen LogP contribution is -2.49. The lowest BCUT2D eigenvalue weighted by Gasteiger charge is -2.36. The maximum Gasteiger partial charge on any atom is 0.244 e. The van der Waals surface area contributed by atoms with Crippen LogP contribution in [-0.4, -0.2) is 74.5 Å². The van der Waals surface area contributed by atoms with Crippen LogP contribution in [0, 0.1) is 0 Å². The number of hydrogen-bond donors (Lipinski definition) is 1. The summed E-state index contributed by atoms with van der Waals surface area (Å²) in [6.07, 6.45) is 3.94. The van der Waals surface area contributed by atoms with Gasteiger partial charge in [0.05, 0.1) is 0 Å². The Hall–Kier alpha value is -1.77. The lowest BCUT2D eigenvalue weighted by atomic mass is 10.2. The fraction of sp³-hybridized carbons (Fsp3) is 0.524. The number of piperazine rings is 1. The Morgan fingerprint density at radius 1 is 1.25 bits per heavy atom. The number of guanidine groups is 1. The maximum absolute atomic E-state index is 12.6. The van der Waals surface area contributed by atoms with Gasteiger partial charge in [0, 0.05) is 52.0 Å². The molecule has 2 rings (SSSR count). The monoisotopic (exact) mass is 499 g/mol. The maximum atomic E-state index is 12.6. The second kappa shape index (κ2) is 13.4. The minimum atomic E-state index is 0. The Labute approximate surface area is 186 Å². The number of rotatable bonds is 8. The zero-order valence-electron chi connectivity index (χ0n) is 17.1. The average Bonchev–Trinajstić information content (AvgIpc) is 2.71. The minimum Gasteiger partial charge on any atom is -0.368 e. The predicted molar refractivity (Wildman–Crippen MR) is 129 cm³/mol. The Morgan fingerprint density at radius 2 is 1.93 bits per heavy atom. The summed E-state index contributed by atoms with van der Waals surface area (Å²) in [5.41, 5.74) is 1.22. The van der Waals surface area contributed by atoms with Gasteiger partial charge in [-0.2, -0.15) is 0 Å². The molecule has 0 saturated carbocycles. The third-order valence-electron chi connectivity index (χ3n) is 4.72. The molecular weight excluding hydrogens is 465 g/mol. The Balaban J connectivity index is 0.00000392. The van der Waals surface area contributed by atoms with Crippen molar-refractivity contribution in [1.82, 2.24) is 15.1 Å². The van der Waals surface area contributed by atoms with Crippen molar-refractivity contribution in [3.05, 3.63) is 43.0 Å². The summed E-state index contributed by atoms with van der Waals surface area (Å²) in [6, 6.07) is 10.4.